The third kappa shape index (κ3) is 2.59. The maximum Gasteiger partial charge on any atom is 0.265 e. The summed E-state index contributed by atoms with van der Waals surface area (Å²) in [6, 6.07) is 1.72. The molecular weight excluding hydrogens is 274 g/mol. The summed E-state index contributed by atoms with van der Waals surface area (Å²) in [5, 5.41) is 13.9. The van der Waals surface area contributed by atoms with Gasteiger partial charge in [-0.3, -0.25) is 4.79 Å². The first-order valence-electron chi connectivity index (χ1n) is 5.63. The number of carbonyl (C=O) groups excluding carboxylic acids is 1. The number of nitrogens with two attached hydrogens (primary N) is 1. The third-order valence-corrected chi connectivity index (χ3v) is 4.46. The highest BCUT2D eigenvalue weighted by Crippen LogP contribution is 2.26. The summed E-state index contributed by atoms with van der Waals surface area (Å²) < 4.78 is 0. The maximum atomic E-state index is 12.2. The van der Waals surface area contributed by atoms with Crippen LogP contribution in [0.15, 0.2) is 16.6 Å². The van der Waals surface area contributed by atoms with Gasteiger partial charge in [0.2, 0.25) is 0 Å². The van der Waals surface area contributed by atoms with E-state index < -0.39 is 0 Å². The van der Waals surface area contributed by atoms with Crippen molar-refractivity contribution in [3.63, 3.8) is 0 Å². The van der Waals surface area contributed by atoms with E-state index in [2.05, 4.69) is 5.16 Å². The van der Waals surface area contributed by atoms with E-state index in [1.165, 1.54) is 11.3 Å². The summed E-state index contributed by atoms with van der Waals surface area (Å²) in [7, 11) is 0. The van der Waals surface area contributed by atoms with E-state index in [9.17, 15) is 4.79 Å². The standard InChI is InChI=1S/C11H14ClN3O2S/c12-8-3-6-18-9(8)11(16)15-4-1-7(2-5-15)10(13)14-17/h3,6-7,17H,1-2,4-5H2,(H2,13,14). The van der Waals surface area contributed by atoms with Crippen LogP contribution in [0.1, 0.15) is 22.5 Å². The highest BCUT2D eigenvalue weighted by molar-refractivity contribution is 7.12. The lowest BCUT2D eigenvalue weighted by Crippen LogP contribution is -2.41. The lowest BCUT2D eigenvalue weighted by atomic mass is 9.96. The van der Waals surface area contributed by atoms with Gasteiger partial charge in [-0.15, -0.1) is 11.3 Å². The first-order valence-corrected chi connectivity index (χ1v) is 6.89. The molecule has 1 aromatic rings. The average Bonchev–Trinajstić information content (AvgIpc) is 2.83. The number of hydrogen-bond donors (Lipinski definition) is 2. The minimum atomic E-state index is -0.0343. The lowest BCUT2D eigenvalue weighted by molar-refractivity contribution is 0.0714. The van der Waals surface area contributed by atoms with Crippen LogP contribution < -0.4 is 5.73 Å². The number of hydrogen-bond acceptors (Lipinski definition) is 4. The second-order valence-electron chi connectivity index (χ2n) is 4.19. The molecule has 1 aliphatic rings. The Bertz CT molecular complexity index is 467. The van der Waals surface area contributed by atoms with Gasteiger partial charge in [-0.25, -0.2) is 0 Å². The molecule has 0 aliphatic carbocycles. The molecule has 0 aromatic carbocycles. The summed E-state index contributed by atoms with van der Waals surface area (Å²) in [4.78, 5) is 14.5. The number of halogens is 1. The van der Waals surface area contributed by atoms with Crippen molar-refractivity contribution in [3.8, 4) is 0 Å². The first-order chi connectivity index (χ1) is 8.63. The molecule has 98 valence electrons. The second kappa shape index (κ2) is 5.58. The van der Waals surface area contributed by atoms with E-state index in [4.69, 9.17) is 22.5 Å². The third-order valence-electron chi connectivity index (χ3n) is 3.13. The summed E-state index contributed by atoms with van der Waals surface area (Å²) >= 11 is 7.30. The number of piperidine rings is 1. The minimum absolute atomic E-state index is 0.0343. The van der Waals surface area contributed by atoms with Crippen LogP contribution in [-0.2, 0) is 0 Å². The number of thiophene rings is 1. The van der Waals surface area contributed by atoms with Gasteiger partial charge in [-0.2, -0.15) is 0 Å². The molecule has 1 saturated heterocycles. The van der Waals surface area contributed by atoms with Crippen LogP contribution in [-0.4, -0.2) is 34.9 Å². The molecule has 1 aromatic heterocycles. The van der Waals surface area contributed by atoms with Crippen molar-refractivity contribution in [2.24, 2.45) is 16.8 Å². The zero-order valence-corrected chi connectivity index (χ0v) is 11.2. The van der Waals surface area contributed by atoms with Crippen LogP contribution in [0.5, 0.6) is 0 Å². The highest BCUT2D eigenvalue weighted by atomic mass is 35.5. The van der Waals surface area contributed by atoms with E-state index in [0.717, 1.165) is 0 Å². The Labute approximate surface area is 114 Å². The maximum absolute atomic E-state index is 12.2. The van der Waals surface area contributed by atoms with Crippen LogP contribution in [0.3, 0.4) is 0 Å². The predicted molar refractivity (Wildman–Crippen MR) is 71.4 cm³/mol. The van der Waals surface area contributed by atoms with Crippen LogP contribution in [0.25, 0.3) is 0 Å². The van der Waals surface area contributed by atoms with Gasteiger partial charge in [-0.1, -0.05) is 16.8 Å². The second-order valence-corrected chi connectivity index (χ2v) is 5.51. The van der Waals surface area contributed by atoms with E-state index in [0.29, 0.717) is 35.8 Å². The molecule has 0 saturated carbocycles. The zero-order valence-electron chi connectivity index (χ0n) is 9.67. The van der Waals surface area contributed by atoms with E-state index in [-0.39, 0.29) is 17.7 Å². The predicted octanol–water partition coefficient (Wildman–Crippen LogP) is 2.00. The molecule has 2 rings (SSSR count). The van der Waals surface area contributed by atoms with Crippen molar-refractivity contribution in [3.05, 3.63) is 21.3 Å². The molecule has 0 bridgehead atoms. The van der Waals surface area contributed by atoms with Gasteiger partial charge in [0.1, 0.15) is 10.7 Å². The fraction of sp³-hybridized carbons (Fsp3) is 0.455. The molecule has 0 spiro atoms. The highest BCUT2D eigenvalue weighted by Gasteiger charge is 2.27. The molecule has 2 heterocycles. The Kier molecular flexibility index (Phi) is 4.08. The molecule has 1 fully saturated rings. The van der Waals surface area contributed by atoms with E-state index in [1.54, 1.807) is 16.3 Å². The Morgan fingerprint density at radius 3 is 2.72 bits per heavy atom. The SMILES string of the molecule is N/C(=N/O)C1CCN(C(=O)c2sccc2Cl)CC1. The monoisotopic (exact) mass is 287 g/mol. The number of likely N-dealkylation sites (tertiary alicyclic amines) is 1. The number of carbonyl (C=O) groups is 1. The molecule has 0 unspecified atom stereocenters. The molecule has 0 atom stereocenters. The Hall–Kier alpha value is -1.27. The molecule has 1 amide bonds. The summed E-state index contributed by atoms with van der Waals surface area (Å²) in [6.07, 6.45) is 1.43. The van der Waals surface area contributed by atoms with Gasteiger partial charge in [0.25, 0.3) is 5.91 Å². The number of amidine groups is 1. The summed E-state index contributed by atoms with van der Waals surface area (Å²) in [5.41, 5.74) is 5.57. The number of oxime groups is 1. The van der Waals surface area contributed by atoms with Crippen LogP contribution >= 0.6 is 22.9 Å². The first kappa shape index (κ1) is 13.2. The summed E-state index contributed by atoms with van der Waals surface area (Å²) in [5.74, 6) is 0.266. The largest absolute Gasteiger partial charge is 0.409 e. The van der Waals surface area contributed by atoms with E-state index in [1.807, 2.05) is 0 Å². The molecule has 5 nitrogen and oxygen atoms in total. The molecule has 3 N–H and O–H groups in total. The molecule has 1 aliphatic heterocycles. The van der Waals surface area contributed by atoms with Gasteiger partial charge in [0.15, 0.2) is 0 Å². The van der Waals surface area contributed by atoms with Gasteiger partial charge in [-0.05, 0) is 24.3 Å². The van der Waals surface area contributed by atoms with Crippen molar-refractivity contribution in [1.29, 1.82) is 0 Å². The van der Waals surface area contributed by atoms with Gasteiger partial charge < -0.3 is 15.8 Å². The fourth-order valence-electron chi connectivity index (χ4n) is 2.05. The molecule has 18 heavy (non-hydrogen) atoms. The Balaban J connectivity index is 1.98. The Morgan fingerprint density at radius 2 is 2.22 bits per heavy atom. The summed E-state index contributed by atoms with van der Waals surface area (Å²) in [6.45, 7) is 1.21. The zero-order chi connectivity index (χ0) is 13.1. The molecular formula is C11H14ClN3O2S. The van der Waals surface area contributed by atoms with E-state index >= 15 is 0 Å². The van der Waals surface area contributed by atoms with Crippen molar-refractivity contribution in [2.45, 2.75) is 12.8 Å². The van der Waals surface area contributed by atoms with Gasteiger partial charge in [0.05, 0.1) is 5.02 Å². The number of amides is 1. The lowest BCUT2D eigenvalue weighted by Gasteiger charge is -2.31. The van der Waals surface area contributed by atoms with Crippen molar-refractivity contribution in [1.82, 2.24) is 4.90 Å². The topological polar surface area (TPSA) is 78.9 Å². The normalized spacial score (nSPS) is 18.1. The average molecular weight is 288 g/mol. The molecule has 0 radical (unpaired) electrons. The van der Waals surface area contributed by atoms with Crippen LogP contribution in [0, 0.1) is 5.92 Å². The van der Waals surface area contributed by atoms with Crippen LogP contribution in [0.2, 0.25) is 5.02 Å². The van der Waals surface area contributed by atoms with Crippen molar-refractivity contribution >= 4 is 34.7 Å². The smallest absolute Gasteiger partial charge is 0.265 e. The number of nitrogens with zero attached hydrogens (tertiary/aromatic N) is 2. The van der Waals surface area contributed by atoms with Crippen molar-refractivity contribution < 1.29 is 10.0 Å². The van der Waals surface area contributed by atoms with Crippen molar-refractivity contribution in [2.75, 3.05) is 13.1 Å². The molecule has 7 heteroatoms. The number of rotatable bonds is 2. The van der Waals surface area contributed by atoms with Crippen LogP contribution in [0.4, 0.5) is 0 Å². The van der Waals surface area contributed by atoms with Gasteiger partial charge in [0, 0.05) is 19.0 Å². The quantitative estimate of drug-likeness (QED) is 0.378. The van der Waals surface area contributed by atoms with Gasteiger partial charge >= 0.3 is 0 Å². The fourth-order valence-corrected chi connectivity index (χ4v) is 3.15. The minimum Gasteiger partial charge on any atom is -0.409 e. The Morgan fingerprint density at radius 1 is 1.56 bits per heavy atom.